The van der Waals surface area contributed by atoms with Gasteiger partial charge in [-0.3, -0.25) is 14.7 Å². The van der Waals surface area contributed by atoms with E-state index in [0.717, 1.165) is 44.5 Å². The van der Waals surface area contributed by atoms with Gasteiger partial charge in [-0.15, -0.1) is 0 Å². The van der Waals surface area contributed by atoms with Crippen LogP contribution in [0.4, 0.5) is 4.39 Å². The standard InChI is InChI=1S/C25H32FN3O3/c1-31-23-11-13-29-17-19(23)6-4-5-12-28(18-21-10-9-20(26)16-27-21)14-15-32-24-8-3-2-7-22(24)25(29)30/h2-3,7-10,16,19,23H,4-6,11-15,17-18H2,1H3/t19-,23+/m0/s1. The summed E-state index contributed by atoms with van der Waals surface area (Å²) in [5, 5.41) is 0. The van der Waals surface area contributed by atoms with E-state index in [-0.39, 0.29) is 17.8 Å². The van der Waals surface area contributed by atoms with Gasteiger partial charge in [-0.2, -0.15) is 0 Å². The van der Waals surface area contributed by atoms with Crippen LogP contribution in [0.15, 0.2) is 42.6 Å². The number of hydrogen-bond donors (Lipinski definition) is 0. The summed E-state index contributed by atoms with van der Waals surface area (Å²) < 4.78 is 25.1. The van der Waals surface area contributed by atoms with Crippen molar-refractivity contribution in [3.8, 4) is 5.75 Å². The van der Waals surface area contributed by atoms with E-state index in [9.17, 15) is 9.18 Å². The third-order valence-electron chi connectivity index (χ3n) is 6.51. The first kappa shape index (κ1) is 22.7. The number of amides is 1. The van der Waals surface area contributed by atoms with Gasteiger partial charge in [0.25, 0.3) is 5.91 Å². The van der Waals surface area contributed by atoms with E-state index >= 15 is 0 Å². The van der Waals surface area contributed by atoms with Crippen LogP contribution in [0.25, 0.3) is 0 Å². The van der Waals surface area contributed by atoms with Gasteiger partial charge in [0.1, 0.15) is 18.2 Å². The summed E-state index contributed by atoms with van der Waals surface area (Å²) in [6.45, 7) is 4.16. The second-order valence-corrected chi connectivity index (χ2v) is 8.66. The van der Waals surface area contributed by atoms with Gasteiger partial charge in [0.05, 0.1) is 23.6 Å². The van der Waals surface area contributed by atoms with Crippen molar-refractivity contribution < 1.29 is 18.7 Å². The van der Waals surface area contributed by atoms with Crippen molar-refractivity contribution in [2.24, 2.45) is 5.92 Å². The van der Waals surface area contributed by atoms with E-state index in [4.69, 9.17) is 9.47 Å². The van der Waals surface area contributed by atoms with Crippen molar-refractivity contribution in [1.82, 2.24) is 14.8 Å². The van der Waals surface area contributed by atoms with Gasteiger partial charge in [-0.25, -0.2) is 4.39 Å². The molecule has 1 amide bonds. The van der Waals surface area contributed by atoms with Crippen molar-refractivity contribution in [2.75, 3.05) is 39.9 Å². The van der Waals surface area contributed by atoms with Crippen LogP contribution in [0, 0.1) is 11.7 Å². The van der Waals surface area contributed by atoms with Gasteiger partial charge in [0.2, 0.25) is 0 Å². The molecular weight excluding hydrogens is 409 g/mol. The maximum absolute atomic E-state index is 13.3. The Balaban J connectivity index is 1.52. The molecule has 4 rings (SSSR count). The SMILES string of the molecule is CO[C@@H]1CCN2C[C@@H]1CCCCN(Cc1ccc(F)cn1)CCOc1ccccc1C2=O. The number of piperidine rings is 1. The molecule has 2 aliphatic rings. The Morgan fingerprint density at radius 3 is 2.81 bits per heavy atom. The number of hydrogen-bond acceptors (Lipinski definition) is 5. The monoisotopic (exact) mass is 441 g/mol. The number of fused-ring (bicyclic) bond motifs is 3. The first-order valence-corrected chi connectivity index (χ1v) is 11.5. The zero-order valence-electron chi connectivity index (χ0n) is 18.7. The minimum absolute atomic E-state index is 0.0320. The van der Waals surface area contributed by atoms with Crippen molar-refractivity contribution >= 4 is 5.91 Å². The van der Waals surface area contributed by atoms with Crippen LogP contribution in [0.1, 0.15) is 41.7 Å². The molecule has 7 heteroatoms. The number of para-hydroxylation sites is 1. The van der Waals surface area contributed by atoms with E-state index < -0.39 is 0 Å². The number of nitrogens with zero attached hydrogens (tertiary/aromatic N) is 3. The highest BCUT2D eigenvalue weighted by molar-refractivity contribution is 5.97. The highest BCUT2D eigenvalue weighted by Crippen LogP contribution is 2.28. The predicted octanol–water partition coefficient (Wildman–Crippen LogP) is 3.76. The summed E-state index contributed by atoms with van der Waals surface area (Å²) in [5.41, 5.74) is 1.45. The third-order valence-corrected chi connectivity index (χ3v) is 6.51. The van der Waals surface area contributed by atoms with Gasteiger partial charge in [-0.05, 0) is 50.1 Å². The molecule has 1 saturated heterocycles. The molecule has 6 nitrogen and oxygen atoms in total. The van der Waals surface area contributed by atoms with Gasteiger partial charge in [-0.1, -0.05) is 18.6 Å². The molecule has 2 aromatic rings. The molecule has 3 heterocycles. The first-order chi connectivity index (χ1) is 15.6. The fourth-order valence-corrected chi connectivity index (χ4v) is 4.75. The Morgan fingerprint density at radius 2 is 2.00 bits per heavy atom. The fraction of sp³-hybridized carbons (Fsp3) is 0.520. The van der Waals surface area contributed by atoms with Gasteiger partial charge >= 0.3 is 0 Å². The Labute approximate surface area is 189 Å². The van der Waals surface area contributed by atoms with Gasteiger partial charge < -0.3 is 14.4 Å². The molecule has 2 aliphatic heterocycles. The summed E-state index contributed by atoms with van der Waals surface area (Å²) in [6, 6.07) is 10.7. The average molecular weight is 442 g/mol. The van der Waals surface area contributed by atoms with E-state index in [1.807, 2.05) is 29.2 Å². The summed E-state index contributed by atoms with van der Waals surface area (Å²) >= 11 is 0. The number of benzene rings is 1. The summed E-state index contributed by atoms with van der Waals surface area (Å²) in [7, 11) is 1.77. The van der Waals surface area contributed by atoms with Crippen LogP contribution in [-0.2, 0) is 11.3 Å². The number of methoxy groups -OCH3 is 1. The molecule has 0 unspecified atom stereocenters. The highest BCUT2D eigenvalue weighted by Gasteiger charge is 2.32. The summed E-state index contributed by atoms with van der Waals surface area (Å²) in [4.78, 5) is 21.8. The van der Waals surface area contributed by atoms with Crippen LogP contribution < -0.4 is 4.74 Å². The second kappa shape index (κ2) is 10.9. The zero-order valence-corrected chi connectivity index (χ0v) is 18.7. The molecule has 1 fully saturated rings. The molecule has 1 aromatic heterocycles. The lowest BCUT2D eigenvalue weighted by Gasteiger charge is -2.38. The number of halogens is 1. The quantitative estimate of drug-likeness (QED) is 0.726. The lowest BCUT2D eigenvalue weighted by atomic mass is 9.89. The molecule has 172 valence electrons. The van der Waals surface area contributed by atoms with Crippen LogP contribution >= 0.6 is 0 Å². The highest BCUT2D eigenvalue weighted by atomic mass is 19.1. The summed E-state index contributed by atoms with van der Waals surface area (Å²) in [6.07, 6.45) is 5.45. The van der Waals surface area contributed by atoms with Crippen molar-refractivity contribution in [3.05, 3.63) is 59.7 Å². The minimum atomic E-state index is -0.325. The second-order valence-electron chi connectivity index (χ2n) is 8.66. The predicted molar refractivity (Wildman–Crippen MR) is 120 cm³/mol. The fourth-order valence-electron chi connectivity index (χ4n) is 4.75. The number of carbonyl (C=O) groups excluding carboxylic acids is 1. The number of rotatable bonds is 3. The lowest BCUT2D eigenvalue weighted by Crippen LogP contribution is -2.46. The molecular formula is C25H32FN3O3. The van der Waals surface area contributed by atoms with Crippen LogP contribution in [0.5, 0.6) is 5.75 Å². The van der Waals surface area contributed by atoms with Crippen LogP contribution in [-0.4, -0.2) is 66.7 Å². The Kier molecular flexibility index (Phi) is 7.71. The number of carbonyl (C=O) groups is 1. The third kappa shape index (κ3) is 5.64. The first-order valence-electron chi connectivity index (χ1n) is 11.5. The van der Waals surface area contributed by atoms with Crippen molar-refractivity contribution in [2.45, 2.75) is 38.3 Å². The molecule has 0 saturated carbocycles. The van der Waals surface area contributed by atoms with E-state index in [0.29, 0.717) is 43.5 Å². The van der Waals surface area contributed by atoms with E-state index in [2.05, 4.69) is 9.88 Å². The lowest BCUT2D eigenvalue weighted by molar-refractivity contribution is -0.00702. The van der Waals surface area contributed by atoms with E-state index in [1.165, 1.54) is 12.3 Å². The number of ether oxygens (including phenoxy) is 2. The number of aromatic nitrogens is 1. The van der Waals surface area contributed by atoms with Crippen LogP contribution in [0.3, 0.4) is 0 Å². The topological polar surface area (TPSA) is 54.9 Å². The number of pyridine rings is 1. The van der Waals surface area contributed by atoms with Gasteiger partial charge in [0.15, 0.2) is 0 Å². The van der Waals surface area contributed by atoms with Crippen molar-refractivity contribution in [3.63, 3.8) is 0 Å². The Hall–Kier alpha value is -2.51. The van der Waals surface area contributed by atoms with Gasteiger partial charge in [0, 0.05) is 39.2 Å². The Bertz CT molecular complexity index is 892. The average Bonchev–Trinajstić information content (AvgIpc) is 2.82. The Morgan fingerprint density at radius 1 is 1.12 bits per heavy atom. The molecule has 32 heavy (non-hydrogen) atoms. The molecule has 0 aliphatic carbocycles. The van der Waals surface area contributed by atoms with E-state index in [1.54, 1.807) is 13.2 Å². The minimum Gasteiger partial charge on any atom is -0.491 e. The molecule has 0 N–H and O–H groups in total. The van der Waals surface area contributed by atoms with Crippen molar-refractivity contribution in [1.29, 1.82) is 0 Å². The molecule has 0 spiro atoms. The molecule has 1 aromatic carbocycles. The largest absolute Gasteiger partial charge is 0.491 e. The summed E-state index contributed by atoms with van der Waals surface area (Å²) in [5.74, 6) is 0.666. The maximum Gasteiger partial charge on any atom is 0.257 e. The molecule has 2 atom stereocenters. The zero-order chi connectivity index (χ0) is 22.3. The normalized spacial score (nSPS) is 23.2. The maximum atomic E-state index is 13.3. The smallest absolute Gasteiger partial charge is 0.257 e. The van der Waals surface area contributed by atoms with Crippen LogP contribution in [0.2, 0.25) is 0 Å². The molecule has 0 radical (unpaired) electrons. The molecule has 2 bridgehead atoms.